The Morgan fingerprint density at radius 2 is 2.19 bits per heavy atom. The number of aromatic nitrogens is 2. The Labute approximate surface area is 118 Å². The number of carbonyl (C=O) groups is 1. The number of carbonyl (C=O) groups excluding carboxylic acids is 1. The molecule has 2 aliphatic rings. The van der Waals surface area contributed by atoms with Crippen LogP contribution in [0.3, 0.4) is 0 Å². The molecule has 0 radical (unpaired) electrons. The van der Waals surface area contributed by atoms with Crippen LogP contribution in [0.25, 0.3) is 0 Å². The van der Waals surface area contributed by atoms with Gasteiger partial charge in [0.15, 0.2) is 11.2 Å². The second-order valence-electron chi connectivity index (χ2n) is 5.53. The zero-order valence-corrected chi connectivity index (χ0v) is 11.2. The van der Waals surface area contributed by atoms with Crippen molar-refractivity contribution in [3.8, 4) is 0 Å². The molecule has 1 aromatic rings. The quantitative estimate of drug-likeness (QED) is 0.803. The van der Waals surface area contributed by atoms with Crippen LogP contribution in [0.4, 0.5) is 13.2 Å². The van der Waals surface area contributed by atoms with Gasteiger partial charge in [0.2, 0.25) is 11.8 Å². The van der Waals surface area contributed by atoms with Gasteiger partial charge in [0.1, 0.15) is 0 Å². The van der Waals surface area contributed by atoms with Crippen molar-refractivity contribution in [3.05, 3.63) is 24.4 Å². The van der Waals surface area contributed by atoms with Gasteiger partial charge in [0, 0.05) is 19.0 Å². The minimum absolute atomic E-state index is 0.00843. The SMILES string of the molecule is C=CC(=O)N1CCC(c2nc(C3CC3)no2)(C(F)(F)F)C1. The van der Waals surface area contributed by atoms with Gasteiger partial charge >= 0.3 is 6.18 Å². The molecule has 1 aliphatic heterocycles. The molecule has 21 heavy (non-hydrogen) atoms. The Hall–Kier alpha value is -1.86. The van der Waals surface area contributed by atoms with Gasteiger partial charge in [-0.15, -0.1) is 0 Å². The van der Waals surface area contributed by atoms with E-state index in [1.807, 2.05) is 0 Å². The van der Waals surface area contributed by atoms with Crippen LogP contribution in [0, 0.1) is 0 Å². The molecule has 0 bridgehead atoms. The normalized spacial score (nSPS) is 26.1. The molecular formula is C13H14F3N3O2. The molecule has 0 spiro atoms. The summed E-state index contributed by atoms with van der Waals surface area (Å²) in [6.07, 6.45) is -2.08. The molecule has 114 valence electrons. The first-order valence-corrected chi connectivity index (χ1v) is 6.69. The molecule has 1 atom stereocenters. The lowest BCUT2D eigenvalue weighted by Gasteiger charge is -2.27. The van der Waals surface area contributed by atoms with Crippen LogP contribution in [0.2, 0.25) is 0 Å². The van der Waals surface area contributed by atoms with Crippen molar-refractivity contribution in [2.24, 2.45) is 0 Å². The predicted molar refractivity (Wildman–Crippen MR) is 65.4 cm³/mol. The van der Waals surface area contributed by atoms with Gasteiger partial charge in [-0.25, -0.2) is 0 Å². The third kappa shape index (κ3) is 2.22. The smallest absolute Gasteiger partial charge is 0.338 e. The fourth-order valence-corrected chi connectivity index (χ4v) is 2.59. The first-order valence-electron chi connectivity index (χ1n) is 6.69. The highest BCUT2D eigenvalue weighted by atomic mass is 19.4. The molecular weight excluding hydrogens is 287 g/mol. The molecule has 1 aromatic heterocycles. The van der Waals surface area contributed by atoms with Crippen molar-refractivity contribution in [3.63, 3.8) is 0 Å². The number of rotatable bonds is 3. The van der Waals surface area contributed by atoms with Crippen molar-refractivity contribution in [1.29, 1.82) is 0 Å². The predicted octanol–water partition coefficient (Wildman–Crippen LogP) is 2.17. The van der Waals surface area contributed by atoms with Gasteiger partial charge in [0.25, 0.3) is 0 Å². The van der Waals surface area contributed by atoms with E-state index in [0.717, 1.165) is 23.8 Å². The minimum Gasteiger partial charge on any atom is -0.338 e. The zero-order chi connectivity index (χ0) is 15.3. The highest BCUT2D eigenvalue weighted by molar-refractivity contribution is 5.87. The summed E-state index contributed by atoms with van der Waals surface area (Å²) >= 11 is 0. The number of halogens is 3. The maximum atomic E-state index is 13.6. The number of hydrogen-bond acceptors (Lipinski definition) is 4. The Morgan fingerprint density at radius 3 is 2.76 bits per heavy atom. The summed E-state index contributed by atoms with van der Waals surface area (Å²) in [5.41, 5.74) is -2.27. The Kier molecular flexibility index (Phi) is 3.07. The second kappa shape index (κ2) is 4.57. The number of likely N-dealkylation sites (tertiary alicyclic amines) is 1. The monoisotopic (exact) mass is 301 g/mol. The average molecular weight is 301 g/mol. The summed E-state index contributed by atoms with van der Waals surface area (Å²) in [6.45, 7) is 2.78. The van der Waals surface area contributed by atoms with E-state index in [1.165, 1.54) is 0 Å². The third-order valence-electron chi connectivity index (χ3n) is 4.09. The molecule has 3 rings (SSSR count). The topological polar surface area (TPSA) is 59.2 Å². The van der Waals surface area contributed by atoms with E-state index in [1.54, 1.807) is 0 Å². The average Bonchev–Trinajstić information content (AvgIpc) is 2.99. The molecule has 2 fully saturated rings. The molecule has 0 aromatic carbocycles. The van der Waals surface area contributed by atoms with Crippen LogP contribution in [-0.2, 0) is 10.2 Å². The number of nitrogens with zero attached hydrogens (tertiary/aromatic N) is 3. The van der Waals surface area contributed by atoms with Crippen LogP contribution in [0.1, 0.15) is 36.9 Å². The summed E-state index contributed by atoms with van der Waals surface area (Å²) in [7, 11) is 0. The van der Waals surface area contributed by atoms with Gasteiger partial charge in [-0.2, -0.15) is 18.2 Å². The summed E-state index contributed by atoms with van der Waals surface area (Å²) < 4.78 is 45.6. The van der Waals surface area contributed by atoms with Crippen LogP contribution in [0.15, 0.2) is 17.2 Å². The molecule has 1 saturated carbocycles. The van der Waals surface area contributed by atoms with Crippen molar-refractivity contribution in [2.75, 3.05) is 13.1 Å². The standard InChI is InChI=1S/C13H14F3N3O2/c1-2-9(20)19-6-5-12(7-19,13(14,15)16)11-17-10(18-21-11)8-3-4-8/h2,8H,1,3-7H2. The number of amides is 1. The van der Waals surface area contributed by atoms with E-state index in [0.29, 0.717) is 5.82 Å². The Balaban J connectivity index is 1.94. The maximum Gasteiger partial charge on any atom is 0.405 e. The molecule has 1 unspecified atom stereocenters. The molecule has 1 amide bonds. The zero-order valence-electron chi connectivity index (χ0n) is 11.2. The van der Waals surface area contributed by atoms with E-state index < -0.39 is 29.9 Å². The lowest BCUT2D eigenvalue weighted by Crippen LogP contribution is -2.45. The highest BCUT2D eigenvalue weighted by Crippen LogP contribution is 2.48. The van der Waals surface area contributed by atoms with Gasteiger partial charge in [-0.1, -0.05) is 11.7 Å². The van der Waals surface area contributed by atoms with Crippen molar-refractivity contribution >= 4 is 5.91 Å². The third-order valence-corrected chi connectivity index (χ3v) is 4.09. The van der Waals surface area contributed by atoms with Crippen LogP contribution < -0.4 is 0 Å². The molecule has 1 saturated heterocycles. The van der Waals surface area contributed by atoms with Crippen LogP contribution >= 0.6 is 0 Å². The summed E-state index contributed by atoms with van der Waals surface area (Å²) in [4.78, 5) is 16.6. The molecule has 8 heteroatoms. The van der Waals surface area contributed by atoms with Gasteiger partial charge in [-0.3, -0.25) is 4.79 Å². The molecule has 0 N–H and O–H groups in total. The fraction of sp³-hybridized carbons (Fsp3) is 0.615. The first-order chi connectivity index (χ1) is 9.87. The first kappa shape index (κ1) is 14.1. The van der Waals surface area contributed by atoms with Crippen LogP contribution in [0.5, 0.6) is 0 Å². The summed E-state index contributed by atoms with van der Waals surface area (Å²) in [5, 5.41) is 3.66. The van der Waals surface area contributed by atoms with E-state index >= 15 is 0 Å². The lowest BCUT2D eigenvalue weighted by molar-refractivity contribution is -0.193. The van der Waals surface area contributed by atoms with E-state index in [4.69, 9.17) is 4.52 Å². The largest absolute Gasteiger partial charge is 0.405 e. The molecule has 5 nitrogen and oxygen atoms in total. The van der Waals surface area contributed by atoms with E-state index in [9.17, 15) is 18.0 Å². The van der Waals surface area contributed by atoms with Crippen molar-refractivity contribution in [2.45, 2.75) is 36.8 Å². The van der Waals surface area contributed by atoms with Crippen molar-refractivity contribution in [1.82, 2.24) is 15.0 Å². The van der Waals surface area contributed by atoms with Crippen LogP contribution in [-0.4, -0.2) is 40.2 Å². The van der Waals surface area contributed by atoms with Gasteiger partial charge < -0.3 is 9.42 Å². The van der Waals surface area contributed by atoms with E-state index in [2.05, 4.69) is 16.7 Å². The fourth-order valence-electron chi connectivity index (χ4n) is 2.59. The minimum atomic E-state index is -4.56. The number of alkyl halides is 3. The Bertz CT molecular complexity index is 579. The molecule has 1 aliphatic carbocycles. The summed E-state index contributed by atoms with van der Waals surface area (Å²) in [6, 6.07) is 0. The lowest BCUT2D eigenvalue weighted by atomic mass is 9.86. The highest BCUT2D eigenvalue weighted by Gasteiger charge is 2.63. The second-order valence-corrected chi connectivity index (χ2v) is 5.53. The summed E-state index contributed by atoms with van der Waals surface area (Å²) in [5.74, 6) is -0.512. The van der Waals surface area contributed by atoms with Crippen molar-refractivity contribution < 1.29 is 22.5 Å². The van der Waals surface area contributed by atoms with Gasteiger partial charge in [-0.05, 0) is 25.3 Å². The Morgan fingerprint density at radius 1 is 1.48 bits per heavy atom. The number of hydrogen-bond donors (Lipinski definition) is 0. The maximum absolute atomic E-state index is 13.6. The van der Waals surface area contributed by atoms with E-state index in [-0.39, 0.29) is 18.9 Å². The molecule has 2 heterocycles. The van der Waals surface area contributed by atoms with Gasteiger partial charge in [0.05, 0.1) is 0 Å².